The molecule has 1 aromatic rings. The molecule has 0 saturated carbocycles. The van der Waals surface area contributed by atoms with Gasteiger partial charge in [0.25, 0.3) is 0 Å². The van der Waals surface area contributed by atoms with Crippen LogP contribution in [0.5, 0.6) is 0 Å². The quantitative estimate of drug-likeness (QED) is 0.902. The Kier molecular flexibility index (Phi) is 4.11. The summed E-state index contributed by atoms with van der Waals surface area (Å²) in [6.07, 6.45) is 0.756. The minimum Gasteiger partial charge on any atom is -0.326 e. The van der Waals surface area contributed by atoms with E-state index in [0.717, 1.165) is 13.0 Å². The molecule has 1 aliphatic rings. The summed E-state index contributed by atoms with van der Waals surface area (Å²) in [5.41, 5.74) is 6.91. The Bertz CT molecular complexity index is 522. The lowest BCUT2D eigenvalue weighted by atomic mass is 10.2. The number of nitrogens with zero attached hydrogens (tertiary/aromatic N) is 1. The zero-order valence-corrected chi connectivity index (χ0v) is 12.5. The third-order valence-corrected chi connectivity index (χ3v) is 6.39. The van der Waals surface area contributed by atoms with Crippen LogP contribution < -0.4 is 5.73 Å². The fourth-order valence-electron chi connectivity index (χ4n) is 2.37. The molecule has 18 heavy (non-hydrogen) atoms. The molecule has 1 fully saturated rings. The first-order valence-electron chi connectivity index (χ1n) is 6.10. The highest BCUT2D eigenvalue weighted by Gasteiger charge is 2.30. The van der Waals surface area contributed by atoms with Gasteiger partial charge in [-0.25, -0.2) is 8.42 Å². The lowest BCUT2D eigenvalue weighted by Gasteiger charge is -2.22. The van der Waals surface area contributed by atoms with Gasteiger partial charge in [0.15, 0.2) is 9.84 Å². The molecule has 0 bridgehead atoms. The minimum atomic E-state index is -2.80. The van der Waals surface area contributed by atoms with Crippen LogP contribution >= 0.6 is 11.3 Å². The second-order valence-electron chi connectivity index (χ2n) is 4.97. The van der Waals surface area contributed by atoms with E-state index in [9.17, 15) is 8.42 Å². The topological polar surface area (TPSA) is 63.4 Å². The molecule has 1 aromatic heterocycles. The standard InChI is InChI=1S/C12H20N2O2S2/c1-9-10(5-12(6-13)17-9)7-14(2)11-3-4-18(15,16)8-11/h5,11H,3-4,6-8,13H2,1-2H3. The molecule has 2 rings (SSSR count). The Morgan fingerprint density at radius 2 is 2.28 bits per heavy atom. The van der Waals surface area contributed by atoms with Gasteiger partial charge >= 0.3 is 0 Å². The Morgan fingerprint density at radius 3 is 2.78 bits per heavy atom. The van der Waals surface area contributed by atoms with Crippen LogP contribution in [0.4, 0.5) is 0 Å². The fraction of sp³-hybridized carbons (Fsp3) is 0.667. The summed E-state index contributed by atoms with van der Waals surface area (Å²) in [5, 5.41) is 0. The molecule has 0 aliphatic carbocycles. The maximum absolute atomic E-state index is 11.5. The van der Waals surface area contributed by atoms with Crippen LogP contribution in [0.15, 0.2) is 6.07 Å². The molecule has 2 N–H and O–H groups in total. The van der Waals surface area contributed by atoms with Gasteiger partial charge in [-0.15, -0.1) is 11.3 Å². The fourth-order valence-corrected chi connectivity index (χ4v) is 5.10. The van der Waals surface area contributed by atoms with Crippen LogP contribution in [0.1, 0.15) is 21.7 Å². The molecule has 4 nitrogen and oxygen atoms in total. The van der Waals surface area contributed by atoms with Crippen LogP contribution in [0.3, 0.4) is 0 Å². The summed E-state index contributed by atoms with van der Waals surface area (Å²) in [4.78, 5) is 4.62. The summed E-state index contributed by atoms with van der Waals surface area (Å²) in [7, 11) is -0.797. The number of hydrogen-bond donors (Lipinski definition) is 1. The monoisotopic (exact) mass is 288 g/mol. The first-order valence-corrected chi connectivity index (χ1v) is 8.74. The lowest BCUT2D eigenvalue weighted by molar-refractivity contribution is 0.254. The Balaban J connectivity index is 2.03. The summed E-state index contributed by atoms with van der Waals surface area (Å²) in [5.74, 6) is 0.634. The average molecular weight is 288 g/mol. The second-order valence-corrected chi connectivity index (χ2v) is 8.54. The number of sulfone groups is 1. The first-order chi connectivity index (χ1) is 8.41. The zero-order valence-electron chi connectivity index (χ0n) is 10.8. The summed E-state index contributed by atoms with van der Waals surface area (Å²) >= 11 is 1.73. The predicted octanol–water partition coefficient (Wildman–Crippen LogP) is 1.13. The molecule has 0 radical (unpaired) electrons. The van der Waals surface area contributed by atoms with Gasteiger partial charge in [0.05, 0.1) is 11.5 Å². The number of rotatable bonds is 4. The Labute approximate surface area is 113 Å². The molecular formula is C12H20N2O2S2. The van der Waals surface area contributed by atoms with E-state index in [1.807, 2.05) is 7.05 Å². The van der Waals surface area contributed by atoms with E-state index in [-0.39, 0.29) is 6.04 Å². The molecular weight excluding hydrogens is 268 g/mol. The highest BCUT2D eigenvalue weighted by atomic mass is 32.2. The van der Waals surface area contributed by atoms with Gasteiger partial charge in [0.1, 0.15) is 0 Å². The van der Waals surface area contributed by atoms with Crippen molar-refractivity contribution in [2.45, 2.75) is 32.5 Å². The van der Waals surface area contributed by atoms with E-state index < -0.39 is 9.84 Å². The maximum atomic E-state index is 11.5. The van der Waals surface area contributed by atoms with Crippen molar-refractivity contribution in [2.75, 3.05) is 18.6 Å². The van der Waals surface area contributed by atoms with Gasteiger partial charge < -0.3 is 5.73 Å². The molecule has 1 unspecified atom stereocenters. The maximum Gasteiger partial charge on any atom is 0.151 e. The smallest absolute Gasteiger partial charge is 0.151 e. The molecule has 0 amide bonds. The van der Waals surface area contributed by atoms with Crippen molar-refractivity contribution in [2.24, 2.45) is 5.73 Å². The number of thiophene rings is 1. The van der Waals surface area contributed by atoms with E-state index in [2.05, 4.69) is 17.9 Å². The largest absolute Gasteiger partial charge is 0.326 e. The van der Waals surface area contributed by atoms with Gasteiger partial charge in [-0.3, -0.25) is 4.90 Å². The summed E-state index contributed by atoms with van der Waals surface area (Å²) < 4.78 is 22.9. The van der Waals surface area contributed by atoms with Crippen molar-refractivity contribution in [1.82, 2.24) is 4.90 Å². The minimum absolute atomic E-state index is 0.163. The lowest BCUT2D eigenvalue weighted by Crippen LogP contribution is -2.32. The van der Waals surface area contributed by atoms with Crippen LogP contribution in [0, 0.1) is 6.92 Å². The van der Waals surface area contributed by atoms with Crippen LogP contribution in [-0.4, -0.2) is 37.9 Å². The number of aryl methyl sites for hydroxylation is 1. The zero-order chi connectivity index (χ0) is 13.3. The molecule has 1 atom stereocenters. The molecule has 6 heteroatoms. The van der Waals surface area contributed by atoms with E-state index in [1.54, 1.807) is 11.3 Å². The average Bonchev–Trinajstić information content (AvgIpc) is 2.82. The van der Waals surface area contributed by atoms with Gasteiger partial charge in [0.2, 0.25) is 0 Å². The normalized spacial score (nSPS) is 22.8. The van der Waals surface area contributed by atoms with Crippen molar-refractivity contribution < 1.29 is 8.42 Å². The second kappa shape index (κ2) is 5.28. The SMILES string of the molecule is Cc1sc(CN)cc1CN(C)C1CCS(=O)(=O)C1. The summed E-state index contributed by atoms with van der Waals surface area (Å²) in [6.45, 7) is 3.48. The van der Waals surface area contributed by atoms with Crippen molar-refractivity contribution in [3.05, 3.63) is 21.4 Å². The van der Waals surface area contributed by atoms with E-state index >= 15 is 0 Å². The molecule has 1 saturated heterocycles. The van der Waals surface area contributed by atoms with Crippen molar-refractivity contribution in [3.63, 3.8) is 0 Å². The van der Waals surface area contributed by atoms with Gasteiger partial charge in [0, 0.05) is 28.9 Å². The Morgan fingerprint density at radius 1 is 1.56 bits per heavy atom. The van der Waals surface area contributed by atoms with E-state index in [0.29, 0.717) is 18.1 Å². The Hall–Kier alpha value is -0.430. The van der Waals surface area contributed by atoms with Gasteiger partial charge in [-0.2, -0.15) is 0 Å². The molecule has 0 aromatic carbocycles. The number of hydrogen-bond acceptors (Lipinski definition) is 5. The van der Waals surface area contributed by atoms with Gasteiger partial charge in [-0.05, 0) is 32.0 Å². The molecule has 102 valence electrons. The highest BCUT2D eigenvalue weighted by Crippen LogP contribution is 2.24. The first kappa shape index (κ1) is 14.0. The third-order valence-electron chi connectivity index (χ3n) is 3.52. The van der Waals surface area contributed by atoms with Crippen molar-refractivity contribution >= 4 is 21.2 Å². The highest BCUT2D eigenvalue weighted by molar-refractivity contribution is 7.91. The molecule has 0 spiro atoms. The van der Waals surface area contributed by atoms with E-state index in [1.165, 1.54) is 15.3 Å². The third kappa shape index (κ3) is 3.12. The van der Waals surface area contributed by atoms with Crippen LogP contribution in [0.2, 0.25) is 0 Å². The van der Waals surface area contributed by atoms with Crippen LogP contribution in [0.25, 0.3) is 0 Å². The van der Waals surface area contributed by atoms with Crippen LogP contribution in [-0.2, 0) is 22.9 Å². The van der Waals surface area contributed by atoms with E-state index in [4.69, 9.17) is 5.73 Å². The van der Waals surface area contributed by atoms with Gasteiger partial charge in [-0.1, -0.05) is 0 Å². The molecule has 1 aliphatic heterocycles. The number of nitrogens with two attached hydrogens (primary N) is 1. The molecule has 2 heterocycles. The summed E-state index contributed by atoms with van der Waals surface area (Å²) in [6, 6.07) is 2.30. The van der Waals surface area contributed by atoms with Crippen molar-refractivity contribution in [1.29, 1.82) is 0 Å². The van der Waals surface area contributed by atoms with Crippen molar-refractivity contribution in [3.8, 4) is 0 Å². The predicted molar refractivity (Wildman–Crippen MR) is 75.5 cm³/mol.